The Bertz CT molecular complexity index is 609. The lowest BCUT2D eigenvalue weighted by atomic mass is 9.99. The van der Waals surface area contributed by atoms with Gasteiger partial charge >= 0.3 is 0 Å². The average molecular weight is 256 g/mol. The van der Waals surface area contributed by atoms with E-state index in [1.807, 2.05) is 26.0 Å². The van der Waals surface area contributed by atoms with Crippen LogP contribution in [0.2, 0.25) is 0 Å². The maximum Gasteiger partial charge on any atom is 0.170 e. The summed E-state index contributed by atoms with van der Waals surface area (Å²) in [5, 5.41) is 0. The second-order valence-corrected chi connectivity index (χ2v) is 5.08. The van der Waals surface area contributed by atoms with E-state index in [9.17, 15) is 9.18 Å². The molecule has 0 radical (unpaired) electrons. The summed E-state index contributed by atoms with van der Waals surface area (Å²) in [6.45, 7) is 5.79. The van der Waals surface area contributed by atoms with Gasteiger partial charge in [-0.2, -0.15) is 0 Å². The number of Topliss-reactive ketones (excluding diaryl/α,β-unsaturated/α-hetero) is 1. The number of carbonyl (C=O) groups is 1. The minimum absolute atomic E-state index is 0.171. The number of benzene rings is 2. The molecule has 0 saturated heterocycles. The molecule has 0 saturated carbocycles. The highest BCUT2D eigenvalue weighted by molar-refractivity contribution is 5.97. The third-order valence-corrected chi connectivity index (χ3v) is 3.07. The number of hydrogen-bond acceptors (Lipinski definition) is 1. The van der Waals surface area contributed by atoms with Gasteiger partial charge in [-0.05, 0) is 44.0 Å². The van der Waals surface area contributed by atoms with Crippen LogP contribution >= 0.6 is 0 Å². The van der Waals surface area contributed by atoms with Crippen LogP contribution in [0.1, 0.15) is 32.6 Å². The van der Waals surface area contributed by atoms with E-state index < -0.39 is 5.82 Å². The first-order chi connectivity index (χ1) is 8.95. The van der Waals surface area contributed by atoms with Crippen LogP contribution in [-0.4, -0.2) is 5.78 Å². The molecule has 0 aliphatic carbocycles. The minimum atomic E-state index is -0.436. The third kappa shape index (κ3) is 3.28. The molecule has 1 nitrogen and oxygen atoms in total. The van der Waals surface area contributed by atoms with Crippen molar-refractivity contribution >= 4 is 5.78 Å². The molecule has 2 aromatic carbocycles. The molecule has 0 aromatic heterocycles. The number of hydrogen-bond donors (Lipinski definition) is 0. The summed E-state index contributed by atoms with van der Waals surface area (Å²) >= 11 is 0. The molecule has 0 heterocycles. The van der Waals surface area contributed by atoms with Crippen LogP contribution in [0.4, 0.5) is 4.39 Å². The fourth-order valence-electron chi connectivity index (χ4n) is 2.30. The summed E-state index contributed by atoms with van der Waals surface area (Å²) in [7, 11) is 0. The quantitative estimate of drug-likeness (QED) is 0.753. The lowest BCUT2D eigenvalue weighted by molar-refractivity contribution is 0.0989. The van der Waals surface area contributed by atoms with Gasteiger partial charge in [0.1, 0.15) is 5.82 Å². The smallest absolute Gasteiger partial charge is 0.170 e. The summed E-state index contributed by atoms with van der Waals surface area (Å²) in [5.74, 6) is -0.614. The van der Waals surface area contributed by atoms with Crippen LogP contribution in [0.5, 0.6) is 0 Å². The van der Waals surface area contributed by atoms with Gasteiger partial charge in [0.05, 0.1) is 5.56 Å². The summed E-state index contributed by atoms with van der Waals surface area (Å²) in [5.41, 5.74) is 4.16. The Morgan fingerprint density at radius 1 is 0.947 bits per heavy atom. The third-order valence-electron chi connectivity index (χ3n) is 3.07. The zero-order valence-electron chi connectivity index (χ0n) is 11.5. The van der Waals surface area contributed by atoms with Gasteiger partial charge in [0.25, 0.3) is 0 Å². The van der Waals surface area contributed by atoms with Crippen molar-refractivity contribution in [2.24, 2.45) is 0 Å². The van der Waals surface area contributed by atoms with Crippen molar-refractivity contribution in [3.63, 3.8) is 0 Å². The number of carbonyl (C=O) groups excluding carboxylic acids is 1. The molecule has 0 unspecified atom stereocenters. The fourth-order valence-corrected chi connectivity index (χ4v) is 2.30. The number of halogens is 1. The lowest BCUT2D eigenvalue weighted by Crippen LogP contribution is -2.06. The molecule has 0 atom stereocenters. The summed E-state index contributed by atoms with van der Waals surface area (Å²) in [6.07, 6.45) is 0.239. The van der Waals surface area contributed by atoms with E-state index >= 15 is 0 Å². The van der Waals surface area contributed by atoms with E-state index in [0.717, 1.165) is 22.3 Å². The molecule has 0 bridgehead atoms. The predicted molar refractivity (Wildman–Crippen MR) is 75.1 cm³/mol. The van der Waals surface area contributed by atoms with Crippen molar-refractivity contribution in [3.8, 4) is 0 Å². The lowest BCUT2D eigenvalue weighted by Gasteiger charge is -2.06. The normalized spacial score (nSPS) is 10.5. The highest BCUT2D eigenvalue weighted by atomic mass is 19.1. The van der Waals surface area contributed by atoms with Crippen LogP contribution in [0.3, 0.4) is 0 Å². The standard InChI is InChI=1S/C17H17FO/c1-11-4-5-15(16(18)9-11)17(19)10-14-7-12(2)6-13(3)8-14/h4-9H,10H2,1-3H3. The van der Waals surface area contributed by atoms with Crippen molar-refractivity contribution < 1.29 is 9.18 Å². The van der Waals surface area contributed by atoms with Crippen LogP contribution in [0.15, 0.2) is 36.4 Å². The van der Waals surface area contributed by atoms with Crippen molar-refractivity contribution in [1.82, 2.24) is 0 Å². The van der Waals surface area contributed by atoms with E-state index in [0.29, 0.717) is 0 Å². The molecular weight excluding hydrogens is 239 g/mol. The molecule has 19 heavy (non-hydrogen) atoms. The zero-order valence-corrected chi connectivity index (χ0v) is 11.5. The minimum Gasteiger partial charge on any atom is -0.294 e. The molecule has 0 aliphatic rings. The van der Waals surface area contributed by atoms with Crippen LogP contribution in [-0.2, 0) is 6.42 Å². The first-order valence-corrected chi connectivity index (χ1v) is 6.32. The van der Waals surface area contributed by atoms with Gasteiger partial charge in [0, 0.05) is 6.42 Å². The van der Waals surface area contributed by atoms with E-state index in [-0.39, 0.29) is 17.8 Å². The first kappa shape index (κ1) is 13.5. The molecule has 2 aromatic rings. The SMILES string of the molecule is Cc1cc(C)cc(CC(=O)c2ccc(C)cc2F)c1. The number of ketones is 1. The van der Waals surface area contributed by atoms with Gasteiger partial charge < -0.3 is 0 Å². The van der Waals surface area contributed by atoms with Crippen molar-refractivity contribution in [3.05, 3.63) is 70.0 Å². The Labute approximate surface area is 113 Å². The van der Waals surface area contributed by atoms with Gasteiger partial charge in [0.15, 0.2) is 5.78 Å². The fraction of sp³-hybridized carbons (Fsp3) is 0.235. The van der Waals surface area contributed by atoms with Gasteiger partial charge in [-0.25, -0.2) is 4.39 Å². The molecule has 0 fully saturated rings. The zero-order chi connectivity index (χ0) is 14.0. The van der Waals surface area contributed by atoms with Crippen molar-refractivity contribution in [2.75, 3.05) is 0 Å². The molecule has 2 rings (SSSR count). The molecular formula is C17H17FO. The van der Waals surface area contributed by atoms with E-state index in [2.05, 4.69) is 6.07 Å². The number of aryl methyl sites for hydroxylation is 3. The molecule has 98 valence electrons. The number of rotatable bonds is 3. The van der Waals surface area contributed by atoms with Crippen LogP contribution < -0.4 is 0 Å². The predicted octanol–water partition coefficient (Wildman–Crippen LogP) is 4.18. The molecule has 0 amide bonds. The van der Waals surface area contributed by atoms with Crippen molar-refractivity contribution in [2.45, 2.75) is 27.2 Å². The Morgan fingerprint density at radius 2 is 1.58 bits per heavy atom. The Balaban J connectivity index is 2.25. The Morgan fingerprint density at radius 3 is 2.16 bits per heavy atom. The van der Waals surface area contributed by atoms with Crippen LogP contribution in [0.25, 0.3) is 0 Å². The second-order valence-electron chi connectivity index (χ2n) is 5.08. The monoisotopic (exact) mass is 256 g/mol. The summed E-state index contributed by atoms with van der Waals surface area (Å²) < 4.78 is 13.7. The first-order valence-electron chi connectivity index (χ1n) is 6.32. The highest BCUT2D eigenvalue weighted by Crippen LogP contribution is 2.15. The van der Waals surface area contributed by atoms with Gasteiger partial charge in [0.2, 0.25) is 0 Å². The molecule has 0 aliphatic heterocycles. The topological polar surface area (TPSA) is 17.1 Å². The van der Waals surface area contributed by atoms with Crippen LogP contribution in [0, 0.1) is 26.6 Å². The Kier molecular flexibility index (Phi) is 3.79. The average Bonchev–Trinajstić information content (AvgIpc) is 2.26. The Hall–Kier alpha value is -1.96. The molecule has 0 N–H and O–H groups in total. The van der Waals surface area contributed by atoms with Gasteiger partial charge in [-0.1, -0.05) is 35.4 Å². The maximum absolute atomic E-state index is 13.7. The van der Waals surface area contributed by atoms with E-state index in [4.69, 9.17) is 0 Å². The van der Waals surface area contributed by atoms with Gasteiger partial charge in [-0.3, -0.25) is 4.79 Å². The van der Waals surface area contributed by atoms with E-state index in [1.165, 1.54) is 6.07 Å². The van der Waals surface area contributed by atoms with E-state index in [1.54, 1.807) is 19.1 Å². The molecule has 0 spiro atoms. The largest absolute Gasteiger partial charge is 0.294 e. The van der Waals surface area contributed by atoms with Crippen molar-refractivity contribution in [1.29, 1.82) is 0 Å². The molecule has 2 heteroatoms. The van der Waals surface area contributed by atoms with Gasteiger partial charge in [-0.15, -0.1) is 0 Å². The summed E-state index contributed by atoms with van der Waals surface area (Å²) in [4.78, 5) is 12.1. The highest BCUT2D eigenvalue weighted by Gasteiger charge is 2.12. The maximum atomic E-state index is 13.7. The second kappa shape index (κ2) is 5.35. The summed E-state index contributed by atoms with van der Waals surface area (Å²) in [6, 6.07) is 10.7.